The first-order chi connectivity index (χ1) is 13.1. The maximum absolute atomic E-state index is 11.7. The summed E-state index contributed by atoms with van der Waals surface area (Å²) in [6.07, 6.45) is 4.52. The number of nitrogens with zero attached hydrogens (tertiary/aromatic N) is 3. The molecule has 1 saturated carbocycles. The monoisotopic (exact) mass is 369 g/mol. The number of hydrogen-bond donors (Lipinski definition) is 1. The Bertz CT molecular complexity index is 785. The van der Waals surface area contributed by atoms with E-state index in [-0.39, 0.29) is 11.9 Å². The highest BCUT2D eigenvalue weighted by Crippen LogP contribution is 2.50. The van der Waals surface area contributed by atoms with E-state index in [9.17, 15) is 5.11 Å². The van der Waals surface area contributed by atoms with Crippen LogP contribution in [0.4, 0.5) is 0 Å². The second kappa shape index (κ2) is 7.44. The molecule has 2 heterocycles. The summed E-state index contributed by atoms with van der Waals surface area (Å²) in [4.78, 5) is 11.0. The van der Waals surface area contributed by atoms with Crippen molar-refractivity contribution in [3.05, 3.63) is 47.7 Å². The smallest absolute Gasteiger partial charge is 0.319 e. The Kier molecular flexibility index (Phi) is 5.02. The first-order valence-electron chi connectivity index (χ1n) is 9.58. The van der Waals surface area contributed by atoms with Gasteiger partial charge in [-0.15, -0.1) is 0 Å². The third-order valence-corrected chi connectivity index (χ3v) is 6.09. The van der Waals surface area contributed by atoms with Gasteiger partial charge in [-0.2, -0.15) is 4.98 Å². The summed E-state index contributed by atoms with van der Waals surface area (Å²) < 4.78 is 10.6. The highest BCUT2D eigenvalue weighted by molar-refractivity contribution is 5.33. The number of benzene rings is 1. The van der Waals surface area contributed by atoms with Crippen LogP contribution in [0.2, 0.25) is 0 Å². The van der Waals surface area contributed by atoms with Crippen LogP contribution in [0.25, 0.3) is 0 Å². The quantitative estimate of drug-likeness (QED) is 0.874. The second-order valence-electron chi connectivity index (χ2n) is 7.64. The zero-order chi connectivity index (χ0) is 18.9. The van der Waals surface area contributed by atoms with Crippen molar-refractivity contribution in [3.63, 3.8) is 0 Å². The van der Waals surface area contributed by atoms with Crippen LogP contribution in [0.1, 0.15) is 30.4 Å². The van der Waals surface area contributed by atoms with E-state index in [1.807, 2.05) is 6.07 Å². The van der Waals surface area contributed by atoms with Crippen LogP contribution >= 0.6 is 0 Å². The van der Waals surface area contributed by atoms with Gasteiger partial charge in [0.25, 0.3) is 0 Å². The summed E-state index contributed by atoms with van der Waals surface area (Å²) in [6, 6.07) is 10.8. The summed E-state index contributed by atoms with van der Waals surface area (Å²) >= 11 is 0. The molecule has 1 N–H and O–H groups in total. The predicted molar refractivity (Wildman–Crippen MR) is 102 cm³/mol. The lowest BCUT2D eigenvalue weighted by molar-refractivity contribution is -0.0669. The minimum atomic E-state index is -0.966. The first kappa shape index (κ1) is 18.2. The zero-order valence-corrected chi connectivity index (χ0v) is 16.0. The molecule has 27 heavy (non-hydrogen) atoms. The van der Waals surface area contributed by atoms with Gasteiger partial charge in [-0.25, -0.2) is 4.98 Å². The van der Waals surface area contributed by atoms with E-state index >= 15 is 0 Å². The molecule has 1 aromatic heterocycles. The Balaban J connectivity index is 1.60. The minimum absolute atomic E-state index is 0.154. The van der Waals surface area contributed by atoms with Crippen LogP contribution < -0.4 is 9.47 Å². The summed E-state index contributed by atoms with van der Waals surface area (Å²) in [5.74, 6) is 1.03. The molecule has 6 heteroatoms. The van der Waals surface area contributed by atoms with Crippen molar-refractivity contribution >= 4 is 0 Å². The lowest BCUT2D eigenvalue weighted by atomic mass is 9.68. The van der Waals surface area contributed by atoms with Crippen molar-refractivity contribution in [1.82, 2.24) is 14.9 Å². The van der Waals surface area contributed by atoms with Crippen molar-refractivity contribution in [2.24, 2.45) is 11.8 Å². The van der Waals surface area contributed by atoms with Gasteiger partial charge >= 0.3 is 6.01 Å². The van der Waals surface area contributed by atoms with Crippen molar-refractivity contribution < 1.29 is 14.6 Å². The van der Waals surface area contributed by atoms with Crippen LogP contribution in [0.15, 0.2) is 36.5 Å². The van der Waals surface area contributed by atoms with Gasteiger partial charge in [0.15, 0.2) is 0 Å². The van der Waals surface area contributed by atoms with Crippen molar-refractivity contribution in [1.29, 1.82) is 0 Å². The third kappa shape index (κ3) is 3.39. The van der Waals surface area contributed by atoms with E-state index in [0.717, 1.165) is 32.5 Å². The van der Waals surface area contributed by atoms with E-state index in [4.69, 9.17) is 9.47 Å². The van der Waals surface area contributed by atoms with E-state index in [2.05, 4.69) is 39.1 Å². The molecule has 144 valence electrons. The number of likely N-dealkylation sites (tertiary alicyclic amines) is 1. The van der Waals surface area contributed by atoms with Crippen LogP contribution in [0.5, 0.6) is 11.9 Å². The molecule has 6 nitrogen and oxygen atoms in total. The van der Waals surface area contributed by atoms with Crippen LogP contribution in [0, 0.1) is 11.8 Å². The number of hydrogen-bond acceptors (Lipinski definition) is 6. The maximum Gasteiger partial charge on any atom is 0.319 e. The molecule has 3 atom stereocenters. The lowest BCUT2D eigenvalue weighted by Gasteiger charge is -2.41. The normalized spacial score (nSPS) is 28.0. The molecule has 0 spiro atoms. The molecule has 2 aromatic rings. The summed E-state index contributed by atoms with van der Waals surface area (Å²) in [6.45, 7) is 2.80. The molecule has 0 unspecified atom stereocenters. The second-order valence-corrected chi connectivity index (χ2v) is 7.64. The zero-order valence-electron chi connectivity index (χ0n) is 16.0. The van der Waals surface area contributed by atoms with Crippen molar-refractivity contribution in [3.8, 4) is 11.9 Å². The summed E-state index contributed by atoms with van der Waals surface area (Å²) in [5, 5.41) is 11.7. The SMILES string of the molecule is COc1ncc([C@]2(O)CCC[C@H]3CN(Cc4ccccc4)C[C@@H]32)c(OC)n1. The fraction of sp³-hybridized carbons (Fsp3) is 0.524. The molecule has 0 bridgehead atoms. The average Bonchev–Trinajstić information content (AvgIpc) is 3.12. The number of aromatic nitrogens is 2. The largest absolute Gasteiger partial charge is 0.481 e. The Morgan fingerprint density at radius 3 is 2.74 bits per heavy atom. The van der Waals surface area contributed by atoms with Crippen molar-refractivity contribution in [2.45, 2.75) is 31.4 Å². The number of fused-ring (bicyclic) bond motifs is 1. The minimum Gasteiger partial charge on any atom is -0.481 e. The molecule has 2 fully saturated rings. The Labute approximate surface area is 160 Å². The van der Waals surface area contributed by atoms with Gasteiger partial charge in [-0.05, 0) is 30.7 Å². The highest BCUT2D eigenvalue weighted by atomic mass is 16.5. The molecule has 2 aliphatic rings. The maximum atomic E-state index is 11.7. The standard InChI is InChI=1S/C21H27N3O3/c1-26-19-17(11-22-20(23-19)27-2)21(25)10-6-9-16-13-24(14-18(16)21)12-15-7-4-3-5-8-15/h3-5,7-8,11,16,18,25H,6,9-10,12-14H2,1-2H3/t16-,18-,21+/m0/s1. The third-order valence-electron chi connectivity index (χ3n) is 6.09. The van der Waals surface area contributed by atoms with Crippen LogP contribution in [0.3, 0.4) is 0 Å². The molecule has 0 radical (unpaired) electrons. The van der Waals surface area contributed by atoms with Gasteiger partial charge in [0.05, 0.1) is 19.8 Å². The molecule has 1 aliphatic heterocycles. The Morgan fingerprint density at radius 1 is 1.19 bits per heavy atom. The molecule has 4 rings (SSSR count). The van der Waals surface area contributed by atoms with E-state index < -0.39 is 5.60 Å². The van der Waals surface area contributed by atoms with E-state index in [0.29, 0.717) is 23.8 Å². The number of aliphatic hydroxyl groups is 1. The van der Waals surface area contributed by atoms with Crippen LogP contribution in [-0.4, -0.2) is 47.3 Å². The summed E-state index contributed by atoms with van der Waals surface area (Å²) in [5.41, 5.74) is 1.03. The predicted octanol–water partition coefficient (Wildman–Crippen LogP) is 2.61. The molecular weight excluding hydrogens is 342 g/mol. The molecule has 0 amide bonds. The topological polar surface area (TPSA) is 67.7 Å². The van der Waals surface area contributed by atoms with E-state index in [1.54, 1.807) is 13.3 Å². The molecule has 1 aliphatic carbocycles. The van der Waals surface area contributed by atoms with Gasteiger partial charge < -0.3 is 14.6 Å². The fourth-order valence-corrected chi connectivity index (χ4v) is 4.82. The molecular formula is C21H27N3O3. The van der Waals surface area contributed by atoms with Crippen molar-refractivity contribution in [2.75, 3.05) is 27.3 Å². The van der Waals surface area contributed by atoms with Gasteiger partial charge in [-0.3, -0.25) is 4.90 Å². The lowest BCUT2D eigenvalue weighted by Crippen LogP contribution is -2.43. The highest BCUT2D eigenvalue weighted by Gasteiger charge is 2.51. The first-order valence-corrected chi connectivity index (χ1v) is 9.58. The number of methoxy groups -OCH3 is 2. The number of rotatable bonds is 5. The van der Waals surface area contributed by atoms with Crippen LogP contribution in [-0.2, 0) is 12.1 Å². The Morgan fingerprint density at radius 2 is 2.00 bits per heavy atom. The van der Waals surface area contributed by atoms with Gasteiger partial charge in [0, 0.05) is 31.7 Å². The van der Waals surface area contributed by atoms with Gasteiger partial charge in [-0.1, -0.05) is 30.3 Å². The Hall–Kier alpha value is -2.18. The average molecular weight is 369 g/mol. The fourth-order valence-electron chi connectivity index (χ4n) is 4.82. The molecule has 1 saturated heterocycles. The molecule has 1 aromatic carbocycles. The number of ether oxygens (including phenoxy) is 2. The van der Waals surface area contributed by atoms with E-state index in [1.165, 1.54) is 12.7 Å². The van der Waals surface area contributed by atoms with Gasteiger partial charge in [0.1, 0.15) is 5.60 Å². The van der Waals surface area contributed by atoms with Gasteiger partial charge in [0.2, 0.25) is 5.88 Å². The summed E-state index contributed by atoms with van der Waals surface area (Å²) in [7, 11) is 3.10.